The zero-order valence-electron chi connectivity index (χ0n) is 28.3. The van der Waals surface area contributed by atoms with E-state index in [1.165, 1.54) is 26.8 Å². The highest BCUT2D eigenvalue weighted by Crippen LogP contribution is 2.57. The number of allylic oxidation sites excluding steroid dienone is 1. The Morgan fingerprint density at radius 3 is 2.55 bits per heavy atom. The Balaban J connectivity index is 1.04. The molecule has 7 atom stereocenters. The van der Waals surface area contributed by atoms with Crippen LogP contribution >= 0.6 is 0 Å². The summed E-state index contributed by atoms with van der Waals surface area (Å²) >= 11 is 0. The molecule has 4 amide bonds. The topological polar surface area (TPSA) is 177 Å². The number of fused-ring (bicyclic) bond motifs is 3. The van der Waals surface area contributed by atoms with Crippen LogP contribution in [0.5, 0.6) is 0 Å². The van der Waals surface area contributed by atoms with Crippen LogP contribution in [0.1, 0.15) is 69.4 Å². The predicted octanol–water partition coefficient (Wildman–Crippen LogP) is 1.95. The summed E-state index contributed by atoms with van der Waals surface area (Å²) in [7, 11) is -3.88. The number of halogens is 1. The van der Waals surface area contributed by atoms with Gasteiger partial charge in [-0.1, -0.05) is 25.1 Å². The van der Waals surface area contributed by atoms with Crippen LogP contribution in [0.3, 0.4) is 0 Å². The van der Waals surface area contributed by atoms with E-state index in [2.05, 4.69) is 11.3 Å². The van der Waals surface area contributed by atoms with Gasteiger partial charge >= 0.3 is 12.1 Å². The van der Waals surface area contributed by atoms with E-state index in [0.717, 1.165) is 0 Å². The molecule has 2 bridgehead atoms. The van der Waals surface area contributed by atoms with Gasteiger partial charge in [0.25, 0.3) is 0 Å². The van der Waals surface area contributed by atoms with E-state index < -0.39 is 86.2 Å². The molecular formula is C35H41FN4O10S. The molecule has 2 aliphatic carbocycles. The van der Waals surface area contributed by atoms with E-state index in [-0.39, 0.29) is 63.7 Å². The van der Waals surface area contributed by atoms with E-state index >= 15 is 0 Å². The van der Waals surface area contributed by atoms with Crippen molar-refractivity contribution >= 4 is 45.6 Å². The Kier molecular flexibility index (Phi) is 8.95. The largest absolute Gasteiger partial charge is 0.459 e. The van der Waals surface area contributed by atoms with Gasteiger partial charge in [0.1, 0.15) is 24.1 Å². The smallest absolute Gasteiger partial charge is 0.410 e. The fraction of sp³-hybridized carbons (Fsp3) is 0.600. The van der Waals surface area contributed by atoms with E-state index in [4.69, 9.17) is 9.47 Å². The van der Waals surface area contributed by atoms with Gasteiger partial charge in [-0.15, -0.1) is 6.58 Å². The van der Waals surface area contributed by atoms with Gasteiger partial charge in [0.15, 0.2) is 5.78 Å². The van der Waals surface area contributed by atoms with Crippen molar-refractivity contribution in [3.8, 4) is 0 Å². The first-order chi connectivity index (χ1) is 24.2. The van der Waals surface area contributed by atoms with Crippen LogP contribution in [0.15, 0.2) is 30.9 Å². The Morgan fingerprint density at radius 2 is 1.90 bits per heavy atom. The fourth-order valence-electron chi connectivity index (χ4n) is 7.98. The lowest BCUT2D eigenvalue weighted by Crippen LogP contribution is -2.46. The number of hydrogen-bond donors (Lipinski definition) is 1. The molecule has 1 N–H and O–H groups in total. The molecule has 16 heteroatoms. The summed E-state index contributed by atoms with van der Waals surface area (Å²) < 4.78 is 52.7. The zero-order valence-corrected chi connectivity index (χ0v) is 29.1. The maximum absolute atomic E-state index is 14.4. The average Bonchev–Trinajstić information content (AvgIpc) is 3.84. The Morgan fingerprint density at radius 1 is 1.14 bits per heavy atom. The number of morpholine rings is 1. The maximum atomic E-state index is 14.4. The molecule has 14 nitrogen and oxygen atoms in total. The van der Waals surface area contributed by atoms with Gasteiger partial charge < -0.3 is 19.3 Å². The minimum Gasteiger partial charge on any atom is -0.459 e. The molecule has 0 aromatic heterocycles. The number of rotatable bonds is 12. The van der Waals surface area contributed by atoms with E-state index in [1.54, 1.807) is 19.1 Å². The molecule has 3 saturated heterocycles. The fourth-order valence-corrected chi connectivity index (χ4v) is 9.37. The molecule has 1 unspecified atom stereocenters. The lowest BCUT2D eigenvalue weighted by molar-refractivity contribution is -0.157. The van der Waals surface area contributed by atoms with E-state index in [9.17, 15) is 41.6 Å². The molecule has 7 rings (SSSR count). The van der Waals surface area contributed by atoms with Gasteiger partial charge in [-0.05, 0) is 43.2 Å². The summed E-state index contributed by atoms with van der Waals surface area (Å²) in [6, 6.07) is 2.88. The normalized spacial score (nSPS) is 29.7. The van der Waals surface area contributed by atoms with Crippen LogP contribution in [0.25, 0.3) is 0 Å². The number of nitrogens with zero attached hydrogens (tertiary/aromatic N) is 3. The molecule has 1 aromatic rings. The summed E-state index contributed by atoms with van der Waals surface area (Å²) in [6.45, 7) is 5.70. The van der Waals surface area contributed by atoms with E-state index in [0.29, 0.717) is 36.9 Å². The molecule has 1 aromatic carbocycles. The van der Waals surface area contributed by atoms with Crippen LogP contribution in [0, 0.1) is 23.1 Å². The molecule has 5 fully saturated rings. The standard InChI is InChI=1S/C35H41FN4O10S/c1-3-21-13-35(21,33(45)37-51(47,48)24-8-9-24)14-29(41)27-11-23(50-34(46)38-15-20-5-4-6-26(36)25(20)18-38)17-40(27)31(43)19(2)7-10-30(42)39-16-22-12-28(39)32(44)49-22/h3-6,19,21-24,27-28H,1,7-18H2,2H3,(H,37,45)/t19-,21+,22+,23?,27-,28-,35+/m0/s1. The highest BCUT2D eigenvalue weighted by Gasteiger charge is 2.61. The number of Topliss-reactive ketones (excluding diaryl/α,β-unsaturated/α-hetero) is 1. The molecule has 4 heterocycles. The summed E-state index contributed by atoms with van der Waals surface area (Å²) in [4.78, 5) is 83.8. The van der Waals surface area contributed by atoms with Crippen LogP contribution in [0.2, 0.25) is 0 Å². The first kappa shape index (κ1) is 35.1. The van der Waals surface area contributed by atoms with Crippen LogP contribution in [-0.4, -0.2) is 101 Å². The quantitative estimate of drug-likeness (QED) is 0.247. The second kappa shape index (κ2) is 13.0. The van der Waals surface area contributed by atoms with Gasteiger partial charge in [-0.25, -0.2) is 22.4 Å². The number of carbonyl (C=O) groups excluding carboxylic acids is 6. The zero-order chi connectivity index (χ0) is 36.4. The Hall–Kier alpha value is -4.34. The number of benzene rings is 1. The lowest BCUT2D eigenvalue weighted by atomic mass is 9.91. The van der Waals surface area contributed by atoms with Crippen molar-refractivity contribution in [2.24, 2.45) is 17.3 Å². The second-order valence-corrected chi connectivity index (χ2v) is 16.8. The van der Waals surface area contributed by atoms with E-state index in [1.807, 2.05) is 0 Å². The number of carbonyl (C=O) groups is 6. The number of likely N-dealkylation sites (tertiary alicyclic amines) is 2. The third-order valence-electron chi connectivity index (χ3n) is 11.3. The summed E-state index contributed by atoms with van der Waals surface area (Å²) in [5.41, 5.74) is -0.302. The van der Waals surface area contributed by atoms with Crippen LogP contribution < -0.4 is 4.72 Å². The van der Waals surface area contributed by atoms with Crippen LogP contribution in [-0.2, 0) is 56.6 Å². The maximum Gasteiger partial charge on any atom is 0.410 e. The first-order valence-electron chi connectivity index (χ1n) is 17.4. The van der Waals surface area contributed by atoms with Gasteiger partial charge in [0, 0.05) is 43.7 Å². The molecule has 51 heavy (non-hydrogen) atoms. The molecular weight excluding hydrogens is 687 g/mol. The highest BCUT2D eigenvalue weighted by molar-refractivity contribution is 7.90. The molecule has 0 spiro atoms. The molecule has 4 aliphatic heterocycles. The SMILES string of the molecule is C=C[C@@H]1C[C@]1(CC(=O)[C@@H]1CC(OC(=O)N2Cc3cccc(F)c3C2)CN1C(=O)[C@@H](C)CCC(=O)N1C[C@H]2C[C@H]1C(=O)O2)C(=O)NS(=O)(=O)C1CC1. The van der Waals surface area contributed by atoms with Crippen molar-refractivity contribution < 1.29 is 51.0 Å². The number of sulfonamides is 1. The minimum atomic E-state index is -3.88. The van der Waals surface area contributed by atoms with Crippen molar-refractivity contribution in [1.82, 2.24) is 19.4 Å². The third-order valence-corrected chi connectivity index (χ3v) is 13.1. The number of hydrogen-bond acceptors (Lipinski definition) is 10. The van der Waals surface area contributed by atoms with Crippen LogP contribution in [0.4, 0.5) is 9.18 Å². The molecule has 6 aliphatic rings. The van der Waals surface area contributed by atoms with Crippen molar-refractivity contribution in [3.05, 3.63) is 47.8 Å². The summed E-state index contributed by atoms with van der Waals surface area (Å²) in [6.07, 6.45) is 0.823. The van der Waals surface area contributed by atoms with Gasteiger partial charge in [-0.2, -0.15) is 0 Å². The highest BCUT2D eigenvalue weighted by atomic mass is 32.2. The summed E-state index contributed by atoms with van der Waals surface area (Å²) in [5, 5.41) is -0.642. The average molecular weight is 729 g/mol. The summed E-state index contributed by atoms with van der Waals surface area (Å²) in [5.74, 6) is -4.05. The number of nitrogens with one attached hydrogen (secondary N) is 1. The number of esters is 1. The molecule has 2 saturated carbocycles. The monoisotopic (exact) mass is 728 g/mol. The minimum absolute atomic E-state index is 0.00427. The van der Waals surface area contributed by atoms with Gasteiger partial charge in [0.2, 0.25) is 27.7 Å². The van der Waals surface area contributed by atoms with Gasteiger partial charge in [0.05, 0.1) is 36.3 Å². The number of amides is 4. The van der Waals surface area contributed by atoms with Crippen molar-refractivity contribution in [1.29, 1.82) is 0 Å². The van der Waals surface area contributed by atoms with Crippen molar-refractivity contribution in [2.75, 3.05) is 13.1 Å². The Bertz CT molecular complexity index is 1820. The first-order valence-corrected chi connectivity index (χ1v) is 19.0. The third kappa shape index (κ3) is 6.62. The molecule has 0 radical (unpaired) electrons. The second-order valence-electron chi connectivity index (χ2n) is 14.8. The Labute approximate surface area is 294 Å². The molecule has 274 valence electrons. The lowest BCUT2D eigenvalue weighted by Gasteiger charge is -2.29. The number of ketones is 1. The van der Waals surface area contributed by atoms with Crippen molar-refractivity contribution in [2.45, 2.75) is 101 Å². The predicted molar refractivity (Wildman–Crippen MR) is 175 cm³/mol. The van der Waals surface area contributed by atoms with Gasteiger partial charge in [-0.3, -0.25) is 28.8 Å². The van der Waals surface area contributed by atoms with Crippen molar-refractivity contribution in [3.63, 3.8) is 0 Å². The number of ether oxygens (including phenoxy) is 2.